The van der Waals surface area contributed by atoms with Crippen molar-refractivity contribution >= 4 is 284 Å². The van der Waals surface area contributed by atoms with Crippen LogP contribution in [0.3, 0.4) is 0 Å². The molecule has 12 heteroatoms. The first-order valence-electron chi connectivity index (χ1n) is 36.8. The van der Waals surface area contributed by atoms with Gasteiger partial charge in [0.05, 0.1) is 0 Å². The number of benzene rings is 16. The summed E-state index contributed by atoms with van der Waals surface area (Å²) >= 11 is -3.13. The molecule has 0 saturated carbocycles. The van der Waals surface area contributed by atoms with E-state index in [-0.39, 0.29) is 13.4 Å². The summed E-state index contributed by atoms with van der Waals surface area (Å²) < 4.78 is 19.9. The van der Waals surface area contributed by atoms with Gasteiger partial charge in [-0.3, -0.25) is 0 Å². The van der Waals surface area contributed by atoms with Crippen LogP contribution in [0.1, 0.15) is 0 Å². The van der Waals surface area contributed by atoms with Gasteiger partial charge in [-0.25, -0.2) is 0 Å². The molecule has 0 fully saturated rings. The van der Waals surface area contributed by atoms with Crippen LogP contribution in [0.4, 0.5) is 85.3 Å². The average Bonchev–Trinajstić information content (AvgIpc) is 0.855. The molecule has 0 atom stereocenters. The van der Waals surface area contributed by atoms with Crippen LogP contribution in [0, 0.1) is 0 Å². The summed E-state index contributed by atoms with van der Waals surface area (Å²) in [5.74, 6) is 1.73. The number of fused-ring (bicyclic) bond motifs is 20. The van der Waals surface area contributed by atoms with E-state index in [0.29, 0.717) is 0 Å². The van der Waals surface area contributed by atoms with E-state index in [9.17, 15) is 0 Å². The van der Waals surface area contributed by atoms with E-state index < -0.39 is 81.7 Å². The van der Waals surface area contributed by atoms with E-state index in [0.717, 1.165) is 57.0 Å². The topological polar surface area (TPSA) is 25.4 Å². The fourth-order valence-corrected chi connectivity index (χ4v) is 32.2. The molecule has 0 amide bonds. The van der Waals surface area contributed by atoms with Gasteiger partial charge in [0.15, 0.2) is 0 Å². The van der Waals surface area contributed by atoms with Gasteiger partial charge in [-0.1, -0.05) is 0 Å². The van der Waals surface area contributed by atoms with Crippen LogP contribution in [0.15, 0.2) is 346 Å². The Kier molecular flexibility index (Phi) is 14.2. The maximum atomic E-state index is 8.11. The van der Waals surface area contributed by atoms with Crippen molar-refractivity contribution in [3.05, 3.63) is 346 Å². The summed E-state index contributed by atoms with van der Waals surface area (Å²) in [6.07, 6.45) is 0. The van der Waals surface area contributed by atoms with Crippen molar-refractivity contribution in [1.82, 2.24) is 0 Å². The van der Waals surface area contributed by atoms with Gasteiger partial charge in [-0.05, 0) is 0 Å². The Balaban J connectivity index is 0.789. The predicted octanol–water partition coefficient (Wildman–Crippen LogP) is 20.6. The quantitative estimate of drug-likeness (QED) is 0.134. The SMILES string of the molecule is c1ccc(N2c3cc4c(cc3B3c5ccccc5N(c5cccc6c5[te]c5ccccc56)c5cc(N(c6ccccc6)c6cccc7c6[te]c6ccccc67)cc2c53)B2c3ccccc3N(c3cccc5c3[te]c3ccccc35)c3cc(N(c5ccccc5)c5cccc6c5[te]c5ccccc56)cc(c32)O4)cc1. The number of hydrogen-bond acceptors (Lipinski definition) is 6. The molecule has 0 bridgehead atoms. The molecule has 0 spiro atoms. The van der Waals surface area contributed by atoms with Gasteiger partial charge in [0.25, 0.3) is 0 Å². The second kappa shape index (κ2) is 24.6. The second-order valence-electron chi connectivity index (χ2n) is 28.5. The first kappa shape index (κ1) is 62.6. The zero-order valence-electron chi connectivity index (χ0n) is 57.8. The Morgan fingerprint density at radius 1 is 0.231 bits per heavy atom. The molecule has 4 aromatic heterocycles. The average molecular weight is 1830 g/mol. The summed E-state index contributed by atoms with van der Waals surface area (Å²) in [4.78, 5) is 13.1. The molecule has 4 aliphatic rings. The molecule has 0 radical (unpaired) electrons. The zero-order chi connectivity index (χ0) is 70.4. The van der Waals surface area contributed by atoms with Crippen LogP contribution in [0.25, 0.3) is 70.3 Å². The summed E-state index contributed by atoms with van der Waals surface area (Å²) in [5.41, 5.74) is 24.9. The molecule has 24 rings (SSSR count). The Morgan fingerprint density at radius 3 is 1.10 bits per heavy atom. The van der Waals surface area contributed by atoms with Gasteiger partial charge in [-0.2, -0.15) is 0 Å². The van der Waals surface area contributed by atoms with Gasteiger partial charge >= 0.3 is 670 Å². The van der Waals surface area contributed by atoms with Crippen molar-refractivity contribution in [3.63, 3.8) is 0 Å². The van der Waals surface area contributed by atoms with Crippen molar-refractivity contribution in [2.75, 3.05) is 24.5 Å². The van der Waals surface area contributed by atoms with Crippen LogP contribution in [-0.2, 0) is 0 Å². The molecule has 108 heavy (non-hydrogen) atoms. The molecule has 0 saturated heterocycles. The second-order valence-corrected chi connectivity index (χ2v) is 40.5. The predicted molar refractivity (Wildman–Crippen MR) is 463 cm³/mol. The Hall–Kier alpha value is -10.4. The van der Waals surface area contributed by atoms with Crippen LogP contribution >= 0.6 is 0 Å². The number of anilines is 15. The molecular formula is C96H57B2N5OTe4. The number of para-hydroxylation sites is 5. The van der Waals surface area contributed by atoms with E-state index in [1.54, 1.807) is 0 Å². The molecule has 20 aromatic rings. The van der Waals surface area contributed by atoms with Gasteiger partial charge < -0.3 is 0 Å². The van der Waals surface area contributed by atoms with E-state index in [1.807, 2.05) is 0 Å². The molecule has 0 N–H and O–H groups in total. The minimum absolute atomic E-state index is 0.187. The van der Waals surface area contributed by atoms with Crippen LogP contribution in [-0.4, -0.2) is 95.1 Å². The van der Waals surface area contributed by atoms with Crippen molar-refractivity contribution in [1.29, 1.82) is 0 Å². The van der Waals surface area contributed by atoms with Crippen LogP contribution < -0.4 is 62.0 Å². The maximum absolute atomic E-state index is 8.11. The summed E-state index contributed by atoms with van der Waals surface area (Å²) in [5, 5.41) is 10.9. The third-order valence-electron chi connectivity index (χ3n) is 22.8. The van der Waals surface area contributed by atoms with E-state index in [4.69, 9.17) is 4.74 Å². The number of hydrogen-bond donors (Lipinski definition) is 0. The van der Waals surface area contributed by atoms with Gasteiger partial charge in [0.2, 0.25) is 0 Å². The normalized spacial score (nSPS) is 13.2. The number of ether oxygens (including phenoxy) is 1. The van der Waals surface area contributed by atoms with E-state index >= 15 is 0 Å². The zero-order valence-corrected chi connectivity index (χ0v) is 67.2. The van der Waals surface area contributed by atoms with Crippen LogP contribution in [0.5, 0.6) is 11.5 Å². The first-order chi connectivity index (χ1) is 53.6. The summed E-state index contributed by atoms with van der Waals surface area (Å²) in [6, 6.07) is 132. The van der Waals surface area contributed by atoms with Gasteiger partial charge in [0, 0.05) is 0 Å². The standard InChI is InChI=1S/C96H57B2N5OTe4/c1-4-26-58(27-5-1)99(77-44-22-36-67-63-32-10-18-48-87(63)105-93(67)77)61-52-82-91-83(53-61)102(79-46-24-38-69-65-34-12-20-50-89(65)107-95(69)79)75-42-16-14-40-71(75)97(91)73-56-74-85(57-81(73)101(82)60-30-8-3-9-31-60)104-86-55-62(100(59-28-6-2-7-29-59)78-45-23-37-68-64-33-11-19-49-88(64)106-94(68)78)54-84-92(86)98(74)72-41-15-17-43-76(72)103(84)80-47-25-39-70-66-35-13-21-51-90(66)108-96(70)80/h1-57H. The Morgan fingerprint density at radius 2 is 0.602 bits per heavy atom. The molecule has 16 aromatic carbocycles. The van der Waals surface area contributed by atoms with E-state index in [2.05, 4.69) is 370 Å². The molecule has 8 heterocycles. The summed E-state index contributed by atoms with van der Waals surface area (Å²) in [6.45, 7) is -0.389. The van der Waals surface area contributed by atoms with Gasteiger partial charge in [-0.15, -0.1) is 0 Å². The molecular weight excluding hydrogens is 1770 g/mol. The molecule has 4 aliphatic heterocycles. The monoisotopic (exact) mass is 1840 g/mol. The number of rotatable bonds is 9. The molecule has 0 unspecified atom stereocenters. The van der Waals surface area contributed by atoms with E-state index in [1.165, 1.54) is 143 Å². The third-order valence-corrected chi connectivity index (χ3v) is 36.6. The first-order valence-corrected chi connectivity index (χ1v) is 46.1. The Bertz CT molecular complexity index is 7200. The van der Waals surface area contributed by atoms with Crippen molar-refractivity contribution in [3.8, 4) is 11.5 Å². The summed E-state index contributed by atoms with van der Waals surface area (Å²) in [7, 11) is 0. The third kappa shape index (κ3) is 9.28. The molecule has 502 valence electrons. The fraction of sp³-hybridized carbons (Fsp3) is 0. The Labute approximate surface area is 663 Å². The fourth-order valence-electron chi connectivity index (χ4n) is 18.4. The molecule has 6 nitrogen and oxygen atoms in total. The van der Waals surface area contributed by atoms with Crippen molar-refractivity contribution in [2.24, 2.45) is 0 Å². The molecule has 0 aliphatic carbocycles. The van der Waals surface area contributed by atoms with Crippen molar-refractivity contribution in [2.45, 2.75) is 0 Å². The van der Waals surface area contributed by atoms with Crippen molar-refractivity contribution < 1.29 is 4.74 Å². The minimum atomic E-state index is -0.799. The van der Waals surface area contributed by atoms with Crippen LogP contribution in [0.2, 0.25) is 0 Å². The van der Waals surface area contributed by atoms with Gasteiger partial charge in [0.1, 0.15) is 0 Å². The number of nitrogens with zero attached hydrogens (tertiary/aromatic N) is 5.